The average Bonchev–Trinajstić information content (AvgIpc) is 2.42. The summed E-state index contributed by atoms with van der Waals surface area (Å²) in [6, 6.07) is 7.84. The summed E-state index contributed by atoms with van der Waals surface area (Å²) in [6.45, 7) is 10.8. The Labute approximate surface area is 122 Å². The number of rotatable bonds is 8. The smallest absolute Gasteiger partial charge is 0.238 e. The number of nitrogens with zero attached hydrogens (tertiary/aromatic N) is 2. The van der Waals surface area contributed by atoms with Gasteiger partial charge in [0.15, 0.2) is 0 Å². The van der Waals surface area contributed by atoms with Crippen molar-refractivity contribution in [3.63, 3.8) is 0 Å². The Kier molecular flexibility index (Phi) is 7.26. The van der Waals surface area contributed by atoms with Gasteiger partial charge in [0.2, 0.25) is 5.91 Å². The molecule has 0 bridgehead atoms. The van der Waals surface area contributed by atoms with E-state index in [1.165, 1.54) is 0 Å². The maximum atomic E-state index is 12.0. The molecule has 1 N–H and O–H groups in total. The molecule has 0 atom stereocenters. The Morgan fingerprint density at radius 1 is 1.15 bits per heavy atom. The van der Waals surface area contributed by atoms with E-state index in [1.54, 1.807) is 0 Å². The van der Waals surface area contributed by atoms with Crippen molar-refractivity contribution < 1.29 is 4.79 Å². The van der Waals surface area contributed by atoms with Crippen molar-refractivity contribution in [3.8, 4) is 0 Å². The summed E-state index contributed by atoms with van der Waals surface area (Å²) in [6.07, 6.45) is 0. The lowest BCUT2D eigenvalue weighted by Crippen LogP contribution is -2.37. The second-order valence-electron chi connectivity index (χ2n) is 5.13. The lowest BCUT2D eigenvalue weighted by Gasteiger charge is -2.22. The molecule has 0 saturated carbocycles. The molecule has 0 aromatic heterocycles. The fourth-order valence-corrected chi connectivity index (χ4v) is 2.08. The van der Waals surface area contributed by atoms with Crippen LogP contribution in [0.25, 0.3) is 0 Å². The minimum Gasteiger partial charge on any atom is -0.325 e. The van der Waals surface area contributed by atoms with Crippen molar-refractivity contribution in [1.29, 1.82) is 0 Å². The van der Waals surface area contributed by atoms with Gasteiger partial charge in [0.05, 0.1) is 6.54 Å². The highest BCUT2D eigenvalue weighted by molar-refractivity contribution is 5.92. The quantitative estimate of drug-likeness (QED) is 0.791. The standard InChI is InChI=1S/C16H27N3O/c1-5-19(6-2)12-11-18(4)13-16(20)17-15-10-8-7-9-14(15)3/h7-10H,5-6,11-13H2,1-4H3,(H,17,20). The minimum absolute atomic E-state index is 0.0429. The van der Waals surface area contributed by atoms with Crippen LogP contribution >= 0.6 is 0 Å². The van der Waals surface area contributed by atoms with Crippen LogP contribution in [0.4, 0.5) is 5.69 Å². The Balaban J connectivity index is 2.37. The molecule has 1 amide bonds. The first-order valence-corrected chi connectivity index (χ1v) is 7.33. The second kappa shape index (κ2) is 8.72. The fraction of sp³-hybridized carbons (Fsp3) is 0.562. The zero-order valence-electron chi connectivity index (χ0n) is 13.1. The van der Waals surface area contributed by atoms with Gasteiger partial charge in [0.25, 0.3) is 0 Å². The number of aryl methyl sites for hydroxylation is 1. The highest BCUT2D eigenvalue weighted by atomic mass is 16.2. The third-order valence-corrected chi connectivity index (χ3v) is 3.53. The van der Waals surface area contributed by atoms with Crippen LogP contribution in [0.15, 0.2) is 24.3 Å². The Hall–Kier alpha value is -1.39. The van der Waals surface area contributed by atoms with Crippen LogP contribution in [0, 0.1) is 6.92 Å². The largest absolute Gasteiger partial charge is 0.325 e. The number of carbonyl (C=O) groups is 1. The van der Waals surface area contributed by atoms with Gasteiger partial charge in [-0.1, -0.05) is 32.0 Å². The van der Waals surface area contributed by atoms with E-state index in [4.69, 9.17) is 0 Å². The van der Waals surface area contributed by atoms with Gasteiger partial charge in [-0.3, -0.25) is 9.69 Å². The molecule has 1 aromatic carbocycles. The van der Waals surface area contributed by atoms with Crippen LogP contribution in [-0.4, -0.2) is 55.5 Å². The number of para-hydroxylation sites is 1. The van der Waals surface area contributed by atoms with Gasteiger partial charge in [-0.15, -0.1) is 0 Å². The number of carbonyl (C=O) groups excluding carboxylic acids is 1. The Morgan fingerprint density at radius 2 is 1.80 bits per heavy atom. The number of anilines is 1. The van der Waals surface area contributed by atoms with E-state index in [0.717, 1.165) is 37.4 Å². The topological polar surface area (TPSA) is 35.6 Å². The number of benzene rings is 1. The summed E-state index contributed by atoms with van der Waals surface area (Å²) in [5.41, 5.74) is 1.99. The molecule has 1 rings (SSSR count). The van der Waals surface area contributed by atoms with E-state index in [1.807, 2.05) is 38.2 Å². The van der Waals surface area contributed by atoms with Gasteiger partial charge in [-0.2, -0.15) is 0 Å². The summed E-state index contributed by atoms with van der Waals surface area (Å²) in [5.74, 6) is 0.0429. The lowest BCUT2D eigenvalue weighted by atomic mass is 10.2. The molecule has 0 radical (unpaired) electrons. The van der Waals surface area contributed by atoms with E-state index >= 15 is 0 Å². The molecule has 0 fully saturated rings. The molecule has 0 aliphatic heterocycles. The van der Waals surface area contributed by atoms with E-state index in [9.17, 15) is 4.79 Å². The van der Waals surface area contributed by atoms with Crippen LogP contribution in [0.2, 0.25) is 0 Å². The molecule has 0 aliphatic rings. The first-order valence-electron chi connectivity index (χ1n) is 7.33. The van der Waals surface area contributed by atoms with Crippen LogP contribution in [0.5, 0.6) is 0 Å². The predicted octanol–water partition coefficient (Wildman–Crippen LogP) is 2.21. The van der Waals surface area contributed by atoms with Gasteiger partial charge in [0.1, 0.15) is 0 Å². The van der Waals surface area contributed by atoms with Gasteiger partial charge in [-0.05, 0) is 38.7 Å². The third-order valence-electron chi connectivity index (χ3n) is 3.53. The Morgan fingerprint density at radius 3 is 2.40 bits per heavy atom. The van der Waals surface area contributed by atoms with E-state index in [-0.39, 0.29) is 5.91 Å². The molecule has 0 saturated heterocycles. The van der Waals surface area contributed by atoms with Gasteiger partial charge < -0.3 is 10.2 Å². The number of likely N-dealkylation sites (N-methyl/N-ethyl adjacent to an activating group) is 2. The van der Waals surface area contributed by atoms with E-state index in [0.29, 0.717) is 6.54 Å². The van der Waals surface area contributed by atoms with Crippen LogP contribution in [0.3, 0.4) is 0 Å². The molecule has 0 spiro atoms. The van der Waals surface area contributed by atoms with Gasteiger partial charge in [0, 0.05) is 18.8 Å². The summed E-state index contributed by atoms with van der Waals surface area (Å²) in [7, 11) is 1.99. The van der Waals surface area contributed by atoms with Crippen molar-refractivity contribution in [3.05, 3.63) is 29.8 Å². The average molecular weight is 277 g/mol. The number of hydrogen-bond donors (Lipinski definition) is 1. The molecule has 0 aliphatic carbocycles. The van der Waals surface area contributed by atoms with Crippen LogP contribution in [-0.2, 0) is 4.79 Å². The first kappa shape index (κ1) is 16.7. The van der Waals surface area contributed by atoms with Crippen LogP contribution < -0.4 is 5.32 Å². The normalized spacial score (nSPS) is 11.1. The molecule has 4 heteroatoms. The van der Waals surface area contributed by atoms with Crippen molar-refractivity contribution in [2.24, 2.45) is 0 Å². The third kappa shape index (κ3) is 5.72. The maximum absolute atomic E-state index is 12.0. The summed E-state index contributed by atoms with van der Waals surface area (Å²) >= 11 is 0. The highest BCUT2D eigenvalue weighted by Crippen LogP contribution is 2.12. The number of hydrogen-bond acceptors (Lipinski definition) is 3. The predicted molar refractivity (Wildman–Crippen MR) is 85.1 cm³/mol. The highest BCUT2D eigenvalue weighted by Gasteiger charge is 2.09. The molecule has 1 aromatic rings. The van der Waals surface area contributed by atoms with E-state index < -0.39 is 0 Å². The van der Waals surface area contributed by atoms with Gasteiger partial charge in [-0.25, -0.2) is 0 Å². The molecular weight excluding hydrogens is 250 g/mol. The molecule has 20 heavy (non-hydrogen) atoms. The Bertz CT molecular complexity index is 416. The second-order valence-corrected chi connectivity index (χ2v) is 5.13. The maximum Gasteiger partial charge on any atom is 0.238 e. The molecule has 4 nitrogen and oxygen atoms in total. The number of amides is 1. The lowest BCUT2D eigenvalue weighted by molar-refractivity contribution is -0.117. The molecule has 0 heterocycles. The van der Waals surface area contributed by atoms with Crippen LogP contribution in [0.1, 0.15) is 19.4 Å². The first-order chi connectivity index (χ1) is 9.56. The van der Waals surface area contributed by atoms with Crippen molar-refractivity contribution >= 4 is 11.6 Å². The fourth-order valence-electron chi connectivity index (χ4n) is 2.08. The number of nitrogens with one attached hydrogen (secondary N) is 1. The summed E-state index contributed by atoms with van der Waals surface area (Å²) in [4.78, 5) is 16.4. The zero-order chi connectivity index (χ0) is 15.0. The van der Waals surface area contributed by atoms with Crippen molar-refractivity contribution in [2.45, 2.75) is 20.8 Å². The van der Waals surface area contributed by atoms with Crippen molar-refractivity contribution in [1.82, 2.24) is 9.80 Å². The SMILES string of the molecule is CCN(CC)CCN(C)CC(=O)Nc1ccccc1C. The minimum atomic E-state index is 0.0429. The molecule has 112 valence electrons. The summed E-state index contributed by atoms with van der Waals surface area (Å²) in [5, 5.41) is 2.96. The van der Waals surface area contributed by atoms with Gasteiger partial charge >= 0.3 is 0 Å². The van der Waals surface area contributed by atoms with Crippen molar-refractivity contribution in [2.75, 3.05) is 45.1 Å². The monoisotopic (exact) mass is 277 g/mol. The van der Waals surface area contributed by atoms with E-state index in [2.05, 4.69) is 29.0 Å². The molecule has 0 unspecified atom stereocenters. The molecular formula is C16H27N3O. The summed E-state index contributed by atoms with van der Waals surface area (Å²) < 4.78 is 0. The zero-order valence-corrected chi connectivity index (χ0v) is 13.1.